The summed E-state index contributed by atoms with van der Waals surface area (Å²) in [5, 5.41) is -0.974. The molecule has 10 heavy (non-hydrogen) atoms. The van der Waals surface area contributed by atoms with E-state index in [2.05, 4.69) is 0 Å². The van der Waals surface area contributed by atoms with Gasteiger partial charge in [0.05, 0.1) is 11.1 Å². The van der Waals surface area contributed by atoms with E-state index in [4.69, 9.17) is 39.4 Å². The Morgan fingerprint density at radius 1 is 1.30 bits per heavy atom. The fourth-order valence-electron chi connectivity index (χ4n) is 0.274. The number of halogens is 3. The van der Waals surface area contributed by atoms with Gasteiger partial charge in [0.2, 0.25) is 0 Å². The molecule has 0 aromatic carbocycles. The van der Waals surface area contributed by atoms with E-state index in [0.29, 0.717) is 0 Å². The van der Waals surface area contributed by atoms with Gasteiger partial charge in [-0.15, -0.1) is 34.8 Å². The smallest absolute Gasteiger partial charge is 0.266 e. The molecule has 0 saturated heterocycles. The number of alkyl halides is 3. The van der Waals surface area contributed by atoms with Crippen LogP contribution in [0.4, 0.5) is 0 Å². The highest BCUT2D eigenvalue weighted by molar-refractivity contribution is 7.85. The van der Waals surface area contributed by atoms with Gasteiger partial charge < -0.3 is 0 Å². The Bertz CT molecular complexity index is 187. The third-order valence-corrected chi connectivity index (χ3v) is 2.88. The second-order valence-electron chi connectivity index (χ2n) is 1.60. The monoisotopic (exact) mass is 226 g/mol. The molecule has 0 fully saturated rings. The Morgan fingerprint density at radius 3 is 1.80 bits per heavy atom. The second-order valence-corrected chi connectivity index (χ2v) is 4.82. The highest BCUT2D eigenvalue weighted by Crippen LogP contribution is 2.15. The molecular weight excluding hydrogens is 222 g/mol. The quantitative estimate of drug-likeness (QED) is 0.584. The van der Waals surface area contributed by atoms with E-state index in [1.165, 1.54) is 0 Å². The van der Waals surface area contributed by atoms with Crippen molar-refractivity contribution in [2.24, 2.45) is 0 Å². The zero-order chi connectivity index (χ0) is 8.36. The van der Waals surface area contributed by atoms with E-state index in [1.807, 2.05) is 0 Å². The highest BCUT2D eigenvalue weighted by Gasteiger charge is 2.20. The van der Waals surface area contributed by atoms with Crippen LogP contribution >= 0.6 is 34.8 Å². The van der Waals surface area contributed by atoms with Gasteiger partial charge >= 0.3 is 0 Å². The Balaban J connectivity index is 3.93. The Labute approximate surface area is 74.0 Å². The van der Waals surface area contributed by atoms with Crippen LogP contribution in [-0.4, -0.2) is 28.9 Å². The van der Waals surface area contributed by atoms with E-state index < -0.39 is 26.1 Å². The molecule has 0 heterocycles. The molecule has 0 radical (unpaired) electrons. The summed E-state index contributed by atoms with van der Waals surface area (Å²) >= 11 is 15.7. The number of hydrogen-bond acceptors (Lipinski definition) is 2. The van der Waals surface area contributed by atoms with Crippen molar-refractivity contribution in [3.05, 3.63) is 0 Å². The van der Waals surface area contributed by atoms with Gasteiger partial charge in [0, 0.05) is 0 Å². The van der Waals surface area contributed by atoms with E-state index in [0.717, 1.165) is 0 Å². The molecule has 0 saturated carbocycles. The Morgan fingerprint density at radius 2 is 1.70 bits per heavy atom. The topological polar surface area (TPSA) is 54.4 Å². The summed E-state index contributed by atoms with van der Waals surface area (Å²) in [5.74, 6) is -0.633. The van der Waals surface area contributed by atoms with Crippen LogP contribution in [0.5, 0.6) is 0 Å². The minimum Gasteiger partial charge on any atom is -0.285 e. The largest absolute Gasteiger partial charge is 0.285 e. The van der Waals surface area contributed by atoms with Crippen molar-refractivity contribution >= 4 is 44.9 Å². The van der Waals surface area contributed by atoms with Crippen LogP contribution in [0.15, 0.2) is 0 Å². The maximum atomic E-state index is 10.1. The first kappa shape index (κ1) is 10.8. The van der Waals surface area contributed by atoms with Crippen molar-refractivity contribution in [3.63, 3.8) is 0 Å². The van der Waals surface area contributed by atoms with E-state index in [9.17, 15) is 8.42 Å². The van der Waals surface area contributed by atoms with Crippen LogP contribution in [0.3, 0.4) is 0 Å². The van der Waals surface area contributed by atoms with Crippen LogP contribution in [0, 0.1) is 0 Å². The second kappa shape index (κ2) is 3.97. The van der Waals surface area contributed by atoms with Crippen molar-refractivity contribution in [1.29, 1.82) is 0 Å². The summed E-state index contributed by atoms with van der Waals surface area (Å²) in [7, 11) is -4.07. The molecule has 7 heteroatoms. The van der Waals surface area contributed by atoms with Gasteiger partial charge in [0.15, 0.2) is 0 Å². The van der Waals surface area contributed by atoms with Gasteiger partial charge in [-0.25, -0.2) is 0 Å². The lowest BCUT2D eigenvalue weighted by Crippen LogP contribution is -2.20. The molecule has 0 bridgehead atoms. The summed E-state index contributed by atoms with van der Waals surface area (Å²) in [5.41, 5.74) is 0. The minimum absolute atomic E-state index is 0.633. The average molecular weight is 227 g/mol. The highest BCUT2D eigenvalue weighted by atomic mass is 35.5. The molecule has 0 aliphatic carbocycles. The summed E-state index contributed by atoms with van der Waals surface area (Å²) in [6.45, 7) is 0. The Kier molecular flexibility index (Phi) is 4.28. The van der Waals surface area contributed by atoms with Gasteiger partial charge in [-0.1, -0.05) is 0 Å². The Hall–Kier alpha value is 0.780. The van der Waals surface area contributed by atoms with Gasteiger partial charge in [-0.2, -0.15) is 8.42 Å². The van der Waals surface area contributed by atoms with E-state index >= 15 is 0 Å². The van der Waals surface area contributed by atoms with Crippen molar-refractivity contribution in [1.82, 2.24) is 0 Å². The maximum Gasteiger partial charge on any atom is 0.266 e. The molecule has 0 aliphatic heterocycles. The van der Waals surface area contributed by atoms with Crippen LogP contribution < -0.4 is 0 Å². The molecule has 0 spiro atoms. The zero-order valence-electron chi connectivity index (χ0n) is 4.67. The van der Waals surface area contributed by atoms with E-state index in [-0.39, 0.29) is 0 Å². The minimum atomic E-state index is -4.07. The molecule has 1 unspecified atom stereocenters. The summed E-state index contributed by atoms with van der Waals surface area (Å²) in [6, 6.07) is 0. The fraction of sp³-hybridized carbons (Fsp3) is 1.00. The van der Waals surface area contributed by atoms with Gasteiger partial charge in [-0.3, -0.25) is 4.55 Å². The standard InChI is InChI=1S/C3H5Cl3O3S/c4-2(3(5)6)1-10(7,8)9/h2-3H,1H2,(H,7,8,9). The molecular formula is C3H5Cl3O3S. The van der Waals surface area contributed by atoms with E-state index in [1.54, 1.807) is 0 Å². The van der Waals surface area contributed by atoms with Gasteiger partial charge in [-0.05, 0) is 0 Å². The summed E-state index contributed by atoms with van der Waals surface area (Å²) < 4.78 is 28.4. The third kappa shape index (κ3) is 5.56. The lowest BCUT2D eigenvalue weighted by molar-refractivity contribution is 0.482. The molecule has 0 rings (SSSR count). The fourth-order valence-corrected chi connectivity index (χ4v) is 1.74. The first-order valence-electron chi connectivity index (χ1n) is 2.20. The molecule has 1 N–H and O–H groups in total. The van der Waals surface area contributed by atoms with Crippen LogP contribution in [0.1, 0.15) is 0 Å². The predicted octanol–water partition coefficient (Wildman–Crippen LogP) is 1.29. The van der Waals surface area contributed by atoms with Crippen molar-refractivity contribution in [3.8, 4) is 0 Å². The van der Waals surface area contributed by atoms with Crippen LogP contribution in [0.25, 0.3) is 0 Å². The first-order chi connectivity index (χ1) is 4.33. The van der Waals surface area contributed by atoms with Crippen molar-refractivity contribution < 1.29 is 13.0 Å². The van der Waals surface area contributed by atoms with Crippen LogP contribution in [-0.2, 0) is 10.1 Å². The third-order valence-electron chi connectivity index (χ3n) is 0.643. The lowest BCUT2D eigenvalue weighted by Gasteiger charge is -2.05. The predicted molar refractivity (Wildman–Crippen MR) is 41.6 cm³/mol. The first-order valence-corrected chi connectivity index (χ1v) is 5.12. The van der Waals surface area contributed by atoms with Crippen LogP contribution in [0.2, 0.25) is 0 Å². The number of rotatable bonds is 3. The maximum absolute atomic E-state index is 10.1. The molecule has 0 aromatic heterocycles. The SMILES string of the molecule is O=S(=O)(O)CC(Cl)C(Cl)Cl. The van der Waals surface area contributed by atoms with Gasteiger partial charge in [0.25, 0.3) is 10.1 Å². The van der Waals surface area contributed by atoms with Crippen molar-refractivity contribution in [2.75, 3.05) is 5.75 Å². The summed E-state index contributed by atoms with van der Waals surface area (Å²) in [6.07, 6.45) is 0. The molecule has 3 nitrogen and oxygen atoms in total. The molecule has 62 valence electrons. The van der Waals surface area contributed by atoms with Gasteiger partial charge in [0.1, 0.15) is 4.84 Å². The zero-order valence-corrected chi connectivity index (χ0v) is 7.75. The lowest BCUT2D eigenvalue weighted by atomic mass is 10.5. The molecule has 0 amide bonds. The molecule has 1 atom stereocenters. The molecule has 0 aromatic rings. The summed E-state index contributed by atoms with van der Waals surface area (Å²) in [4.78, 5) is -0.997. The number of hydrogen-bond donors (Lipinski definition) is 1. The van der Waals surface area contributed by atoms with Crippen molar-refractivity contribution in [2.45, 2.75) is 10.2 Å². The molecule has 0 aliphatic rings. The average Bonchev–Trinajstić information content (AvgIpc) is 1.60. The normalized spacial score (nSPS) is 15.7.